The molecule has 9 heteroatoms. The lowest BCUT2D eigenvalue weighted by atomic mass is 10.2. The Labute approximate surface area is 156 Å². The van der Waals surface area contributed by atoms with Crippen LogP contribution in [0.25, 0.3) is 0 Å². The van der Waals surface area contributed by atoms with Gasteiger partial charge in [0.2, 0.25) is 11.8 Å². The van der Waals surface area contributed by atoms with Crippen LogP contribution in [0.4, 0.5) is 11.4 Å². The molecule has 7 nitrogen and oxygen atoms in total. The predicted molar refractivity (Wildman–Crippen MR) is 100 cm³/mol. The summed E-state index contributed by atoms with van der Waals surface area (Å²) in [7, 11) is 1.47. The van der Waals surface area contributed by atoms with Gasteiger partial charge in [-0.25, -0.2) is 0 Å². The minimum absolute atomic E-state index is 0.193. The molecular weight excluding hydrogens is 410 g/mol. The smallest absolute Gasteiger partial charge is 0.261 e. The number of thiophene rings is 1. The minimum atomic E-state index is -0.415. The van der Waals surface area contributed by atoms with Crippen LogP contribution >= 0.6 is 27.3 Å². The molecule has 0 bridgehead atoms. The molecule has 2 aromatic rings. The van der Waals surface area contributed by atoms with Gasteiger partial charge >= 0.3 is 0 Å². The molecule has 2 rings (SSSR count). The van der Waals surface area contributed by atoms with Crippen molar-refractivity contribution in [2.24, 2.45) is 0 Å². The number of benzene rings is 1. The third-order valence-electron chi connectivity index (χ3n) is 3.00. The maximum atomic E-state index is 12.1. The van der Waals surface area contributed by atoms with E-state index >= 15 is 0 Å². The van der Waals surface area contributed by atoms with E-state index in [9.17, 15) is 14.4 Å². The highest BCUT2D eigenvalue weighted by atomic mass is 79.9. The van der Waals surface area contributed by atoms with Crippen molar-refractivity contribution in [3.05, 3.63) is 39.0 Å². The number of nitrogens with one attached hydrogen (secondary N) is 3. The minimum Gasteiger partial charge on any atom is -0.495 e. The Kier molecular flexibility index (Phi) is 6.54. The van der Waals surface area contributed by atoms with Crippen LogP contribution in [0.5, 0.6) is 5.75 Å². The molecule has 25 heavy (non-hydrogen) atoms. The molecule has 1 aromatic heterocycles. The Hall–Kier alpha value is -2.39. The second kappa shape index (κ2) is 8.63. The summed E-state index contributed by atoms with van der Waals surface area (Å²) in [6, 6.07) is 8.30. The van der Waals surface area contributed by atoms with E-state index in [4.69, 9.17) is 4.74 Å². The molecule has 0 aliphatic carbocycles. The van der Waals surface area contributed by atoms with Gasteiger partial charge in [0.25, 0.3) is 5.91 Å². The van der Waals surface area contributed by atoms with Crippen molar-refractivity contribution in [1.82, 2.24) is 5.32 Å². The van der Waals surface area contributed by atoms with Crippen LogP contribution in [-0.2, 0) is 9.59 Å². The third kappa shape index (κ3) is 5.57. The molecule has 0 aliphatic heterocycles. The Morgan fingerprint density at radius 1 is 1.16 bits per heavy atom. The normalized spacial score (nSPS) is 10.0. The Bertz CT molecular complexity index is 806. The zero-order valence-corrected chi connectivity index (χ0v) is 15.9. The molecule has 0 saturated carbocycles. The summed E-state index contributed by atoms with van der Waals surface area (Å²) in [6.07, 6.45) is 0. The fourth-order valence-corrected chi connectivity index (χ4v) is 3.27. The van der Waals surface area contributed by atoms with Gasteiger partial charge in [-0.3, -0.25) is 14.4 Å². The molecular formula is C16H16BrN3O4S. The molecule has 3 amide bonds. The van der Waals surface area contributed by atoms with Gasteiger partial charge < -0.3 is 20.7 Å². The van der Waals surface area contributed by atoms with Gasteiger partial charge in [-0.1, -0.05) is 0 Å². The molecule has 0 spiro atoms. The van der Waals surface area contributed by atoms with Gasteiger partial charge in [0, 0.05) is 12.6 Å². The van der Waals surface area contributed by atoms with Gasteiger partial charge in [0.15, 0.2) is 0 Å². The molecule has 1 heterocycles. The van der Waals surface area contributed by atoms with Crippen molar-refractivity contribution >= 4 is 56.4 Å². The fourth-order valence-electron chi connectivity index (χ4n) is 1.97. The van der Waals surface area contributed by atoms with Crippen LogP contribution in [0.3, 0.4) is 0 Å². The van der Waals surface area contributed by atoms with Crippen molar-refractivity contribution in [2.45, 2.75) is 6.92 Å². The van der Waals surface area contributed by atoms with Gasteiger partial charge in [-0.15, -0.1) is 11.3 Å². The molecule has 132 valence electrons. The number of hydrogen-bond acceptors (Lipinski definition) is 5. The highest BCUT2D eigenvalue weighted by Crippen LogP contribution is 2.27. The number of halogens is 1. The van der Waals surface area contributed by atoms with Crippen LogP contribution in [-0.4, -0.2) is 31.4 Å². The van der Waals surface area contributed by atoms with Crippen LogP contribution in [0.2, 0.25) is 0 Å². The van der Waals surface area contributed by atoms with E-state index < -0.39 is 5.91 Å². The highest BCUT2D eigenvalue weighted by Gasteiger charge is 2.12. The average Bonchev–Trinajstić information content (AvgIpc) is 2.99. The van der Waals surface area contributed by atoms with Gasteiger partial charge in [0.1, 0.15) is 5.75 Å². The Morgan fingerprint density at radius 2 is 1.92 bits per heavy atom. The van der Waals surface area contributed by atoms with Gasteiger partial charge in [-0.2, -0.15) is 0 Å². The molecule has 1 aromatic carbocycles. The van der Waals surface area contributed by atoms with E-state index in [1.165, 1.54) is 25.4 Å². The lowest BCUT2D eigenvalue weighted by Crippen LogP contribution is -2.32. The topological polar surface area (TPSA) is 96.5 Å². The second-order valence-corrected chi connectivity index (χ2v) is 7.39. The maximum absolute atomic E-state index is 12.1. The van der Waals surface area contributed by atoms with Crippen molar-refractivity contribution < 1.29 is 19.1 Å². The summed E-state index contributed by atoms with van der Waals surface area (Å²) >= 11 is 4.56. The first-order valence-corrected chi connectivity index (χ1v) is 8.79. The summed E-state index contributed by atoms with van der Waals surface area (Å²) in [5.41, 5.74) is 0.919. The highest BCUT2D eigenvalue weighted by molar-refractivity contribution is 9.11. The standard InChI is InChI=1S/C16H16BrN3O4S/c1-9(21)19-10-3-4-12(24-2)11(7-10)20-15(22)8-18-16(23)13-5-6-14(17)25-13/h3-7H,8H2,1-2H3,(H,18,23)(H,19,21)(H,20,22). The van der Waals surface area contributed by atoms with E-state index in [1.54, 1.807) is 30.3 Å². The number of rotatable bonds is 6. The largest absolute Gasteiger partial charge is 0.495 e. The summed E-state index contributed by atoms with van der Waals surface area (Å²) in [6.45, 7) is 1.20. The van der Waals surface area contributed by atoms with Crippen molar-refractivity contribution in [3.8, 4) is 5.75 Å². The van der Waals surface area contributed by atoms with E-state index in [1.807, 2.05) is 0 Å². The first-order valence-electron chi connectivity index (χ1n) is 7.18. The van der Waals surface area contributed by atoms with Gasteiger partial charge in [-0.05, 0) is 46.3 Å². The second-order valence-electron chi connectivity index (χ2n) is 4.93. The van der Waals surface area contributed by atoms with E-state index in [2.05, 4.69) is 31.9 Å². The van der Waals surface area contributed by atoms with Crippen molar-refractivity contribution in [3.63, 3.8) is 0 Å². The van der Waals surface area contributed by atoms with Crippen LogP contribution in [0, 0.1) is 0 Å². The number of carbonyl (C=O) groups is 3. The quantitative estimate of drug-likeness (QED) is 0.662. The average molecular weight is 426 g/mol. The zero-order valence-electron chi connectivity index (χ0n) is 13.5. The fraction of sp³-hybridized carbons (Fsp3) is 0.188. The lowest BCUT2D eigenvalue weighted by molar-refractivity contribution is -0.115. The molecule has 0 saturated heterocycles. The number of ether oxygens (including phenoxy) is 1. The van der Waals surface area contributed by atoms with Crippen LogP contribution < -0.4 is 20.7 Å². The van der Waals surface area contributed by atoms with Crippen molar-refractivity contribution in [1.29, 1.82) is 0 Å². The SMILES string of the molecule is COc1ccc(NC(C)=O)cc1NC(=O)CNC(=O)c1ccc(Br)s1. The van der Waals surface area contributed by atoms with Gasteiger partial charge in [0.05, 0.1) is 28.0 Å². The van der Waals surface area contributed by atoms with E-state index in [0.717, 1.165) is 3.79 Å². The summed E-state index contributed by atoms with van der Waals surface area (Å²) in [4.78, 5) is 35.7. The first-order chi connectivity index (χ1) is 11.9. The predicted octanol–water partition coefficient (Wildman–Crippen LogP) is 2.85. The maximum Gasteiger partial charge on any atom is 0.261 e. The first kappa shape index (κ1) is 18.9. The summed E-state index contributed by atoms with van der Waals surface area (Å²) in [5, 5.41) is 7.82. The van der Waals surface area contributed by atoms with E-state index in [0.29, 0.717) is 22.0 Å². The van der Waals surface area contributed by atoms with E-state index in [-0.39, 0.29) is 18.4 Å². The third-order valence-corrected chi connectivity index (χ3v) is 4.62. The van der Waals surface area contributed by atoms with Crippen molar-refractivity contribution in [2.75, 3.05) is 24.3 Å². The molecule has 0 atom stereocenters. The number of methoxy groups -OCH3 is 1. The molecule has 0 radical (unpaired) electrons. The monoisotopic (exact) mass is 425 g/mol. The molecule has 3 N–H and O–H groups in total. The Morgan fingerprint density at radius 3 is 2.52 bits per heavy atom. The molecule has 0 fully saturated rings. The van der Waals surface area contributed by atoms with Crippen LogP contribution in [0.1, 0.15) is 16.6 Å². The summed E-state index contributed by atoms with van der Waals surface area (Å²) in [5.74, 6) is -0.528. The number of carbonyl (C=O) groups excluding carboxylic acids is 3. The van der Waals surface area contributed by atoms with Crippen LogP contribution in [0.15, 0.2) is 34.1 Å². The number of anilines is 2. The number of amides is 3. The Balaban J connectivity index is 1.99. The number of hydrogen-bond donors (Lipinski definition) is 3. The summed E-state index contributed by atoms with van der Waals surface area (Å²) < 4.78 is 6.02. The molecule has 0 unspecified atom stereocenters. The zero-order chi connectivity index (χ0) is 18.4. The lowest BCUT2D eigenvalue weighted by Gasteiger charge is -2.12. The molecule has 0 aliphatic rings.